The predicted octanol–water partition coefficient (Wildman–Crippen LogP) is 3.07. The number of methoxy groups -OCH3 is 2. The molecule has 1 aliphatic heterocycles. The zero-order valence-corrected chi connectivity index (χ0v) is 14.2. The monoisotopic (exact) mass is 378 g/mol. The number of ether oxygens (including phenoxy) is 2. The highest BCUT2D eigenvalue weighted by atomic mass is 19.4. The molecule has 9 heteroatoms. The summed E-state index contributed by atoms with van der Waals surface area (Å²) in [7, 11) is 2.14. The van der Waals surface area contributed by atoms with Crippen LogP contribution in [-0.2, 0) is 25.2 Å². The van der Waals surface area contributed by atoms with Crippen molar-refractivity contribution in [3.8, 4) is 6.07 Å². The fourth-order valence-corrected chi connectivity index (χ4v) is 2.35. The van der Waals surface area contributed by atoms with Gasteiger partial charge < -0.3 is 14.4 Å². The Kier molecular flexibility index (Phi) is 5.70. The Labute approximate surface area is 152 Å². The van der Waals surface area contributed by atoms with Crippen LogP contribution < -0.4 is 4.90 Å². The summed E-state index contributed by atoms with van der Waals surface area (Å²) in [6.45, 7) is 0. The van der Waals surface area contributed by atoms with Gasteiger partial charge in [0, 0.05) is 6.20 Å². The summed E-state index contributed by atoms with van der Waals surface area (Å²) in [6, 6.07) is 4.23. The summed E-state index contributed by atoms with van der Waals surface area (Å²) in [5, 5.41) is 9.29. The van der Waals surface area contributed by atoms with Gasteiger partial charge in [0.25, 0.3) is 0 Å². The lowest BCUT2D eigenvalue weighted by atomic mass is 10.1. The van der Waals surface area contributed by atoms with Crippen molar-refractivity contribution in [2.24, 2.45) is 0 Å². The number of hydrogen-bond donors (Lipinski definition) is 0. The number of nitriles is 1. The summed E-state index contributed by atoms with van der Waals surface area (Å²) < 4.78 is 48.7. The molecule has 0 saturated carbocycles. The molecule has 0 bridgehead atoms. The van der Waals surface area contributed by atoms with E-state index in [-0.39, 0.29) is 22.5 Å². The summed E-state index contributed by atoms with van der Waals surface area (Å²) in [6.07, 6.45) is 0.620. The molecule has 1 heterocycles. The molecule has 1 aromatic rings. The summed E-state index contributed by atoms with van der Waals surface area (Å²) in [4.78, 5) is 25.4. The second kappa shape index (κ2) is 7.78. The van der Waals surface area contributed by atoms with Crippen LogP contribution >= 0.6 is 0 Å². The van der Waals surface area contributed by atoms with Crippen molar-refractivity contribution in [1.82, 2.24) is 0 Å². The number of rotatable bonds is 3. The van der Waals surface area contributed by atoms with Crippen LogP contribution in [0, 0.1) is 11.3 Å². The summed E-state index contributed by atoms with van der Waals surface area (Å²) in [5.74, 6) is -1.89. The summed E-state index contributed by atoms with van der Waals surface area (Å²) >= 11 is 0. The van der Waals surface area contributed by atoms with E-state index in [1.807, 2.05) is 0 Å². The molecular weight excluding hydrogens is 365 g/mol. The molecule has 1 aromatic carbocycles. The van der Waals surface area contributed by atoms with Crippen molar-refractivity contribution in [2.45, 2.75) is 6.18 Å². The van der Waals surface area contributed by atoms with E-state index in [1.165, 1.54) is 24.4 Å². The van der Waals surface area contributed by atoms with Crippen LogP contribution in [0.25, 0.3) is 0 Å². The zero-order valence-electron chi connectivity index (χ0n) is 14.2. The number of hydrogen-bond acceptors (Lipinski definition) is 6. The molecule has 0 amide bonds. The van der Waals surface area contributed by atoms with E-state index in [9.17, 15) is 28.0 Å². The molecule has 2 rings (SSSR count). The van der Waals surface area contributed by atoms with Crippen molar-refractivity contribution in [3.63, 3.8) is 0 Å². The third-order valence-electron chi connectivity index (χ3n) is 3.59. The van der Waals surface area contributed by atoms with Crippen molar-refractivity contribution >= 4 is 17.6 Å². The normalized spacial score (nSPS) is 13.9. The highest BCUT2D eigenvalue weighted by Crippen LogP contribution is 2.35. The Hall–Kier alpha value is -3.54. The SMILES string of the molecule is COC(=O)C1=C(C(=O)OC)N(c2cc(C(F)(F)F)ccc2C#N)C=CC=C1. The maximum absolute atomic E-state index is 13.1. The number of benzene rings is 1. The van der Waals surface area contributed by atoms with Crippen LogP contribution in [0.15, 0.2) is 53.9 Å². The highest BCUT2D eigenvalue weighted by Gasteiger charge is 2.34. The zero-order chi connectivity index (χ0) is 20.2. The highest BCUT2D eigenvalue weighted by molar-refractivity contribution is 6.05. The molecule has 27 heavy (non-hydrogen) atoms. The van der Waals surface area contributed by atoms with Gasteiger partial charge in [0.15, 0.2) is 0 Å². The van der Waals surface area contributed by atoms with Crippen LogP contribution in [0.4, 0.5) is 18.9 Å². The van der Waals surface area contributed by atoms with E-state index >= 15 is 0 Å². The largest absolute Gasteiger partial charge is 0.465 e. The molecule has 0 radical (unpaired) electrons. The van der Waals surface area contributed by atoms with Gasteiger partial charge in [-0.15, -0.1) is 0 Å². The fourth-order valence-electron chi connectivity index (χ4n) is 2.35. The van der Waals surface area contributed by atoms with Crippen LogP contribution in [0.2, 0.25) is 0 Å². The number of carbonyl (C=O) groups is 2. The van der Waals surface area contributed by atoms with E-state index < -0.39 is 23.7 Å². The van der Waals surface area contributed by atoms with Crippen LogP contribution in [0.5, 0.6) is 0 Å². The maximum atomic E-state index is 13.1. The predicted molar refractivity (Wildman–Crippen MR) is 88.0 cm³/mol. The van der Waals surface area contributed by atoms with Crippen LogP contribution in [0.1, 0.15) is 11.1 Å². The van der Waals surface area contributed by atoms with Gasteiger partial charge in [0.1, 0.15) is 11.8 Å². The molecule has 6 nitrogen and oxygen atoms in total. The first-order valence-electron chi connectivity index (χ1n) is 7.41. The quantitative estimate of drug-likeness (QED) is 0.752. The van der Waals surface area contributed by atoms with Gasteiger partial charge >= 0.3 is 18.1 Å². The number of alkyl halides is 3. The Morgan fingerprint density at radius 2 is 1.78 bits per heavy atom. The van der Waals surface area contributed by atoms with Crippen molar-refractivity contribution in [3.05, 3.63) is 65.0 Å². The van der Waals surface area contributed by atoms with Gasteiger partial charge in [0.2, 0.25) is 0 Å². The lowest BCUT2D eigenvalue weighted by Crippen LogP contribution is -2.27. The first kappa shape index (κ1) is 19.8. The fraction of sp³-hybridized carbons (Fsp3) is 0.167. The Morgan fingerprint density at radius 1 is 1.11 bits per heavy atom. The number of esters is 2. The molecule has 0 unspecified atom stereocenters. The molecule has 140 valence electrons. The minimum atomic E-state index is -4.67. The third-order valence-corrected chi connectivity index (χ3v) is 3.59. The topological polar surface area (TPSA) is 79.6 Å². The molecule has 0 spiro atoms. The van der Waals surface area contributed by atoms with Gasteiger partial charge in [-0.1, -0.05) is 6.08 Å². The Morgan fingerprint density at radius 3 is 2.33 bits per heavy atom. The average molecular weight is 378 g/mol. The van der Waals surface area contributed by atoms with Gasteiger partial charge in [-0.3, -0.25) is 0 Å². The van der Waals surface area contributed by atoms with Crippen LogP contribution in [-0.4, -0.2) is 26.2 Å². The molecule has 1 aliphatic rings. The molecule has 0 saturated heterocycles. The second-order valence-corrected chi connectivity index (χ2v) is 5.16. The number of nitrogens with zero attached hydrogens (tertiary/aromatic N) is 2. The Bertz CT molecular complexity index is 908. The van der Waals surface area contributed by atoms with E-state index in [0.29, 0.717) is 6.07 Å². The van der Waals surface area contributed by atoms with Crippen molar-refractivity contribution in [2.75, 3.05) is 19.1 Å². The summed E-state index contributed by atoms with van der Waals surface area (Å²) in [5.41, 5.74) is -2.03. The number of carbonyl (C=O) groups excluding carboxylic acids is 2. The number of allylic oxidation sites excluding steroid dienone is 2. The lowest BCUT2D eigenvalue weighted by Gasteiger charge is -2.24. The number of halogens is 3. The smallest absolute Gasteiger partial charge is 0.416 e. The molecule has 0 N–H and O–H groups in total. The molecule has 0 atom stereocenters. The first-order valence-corrected chi connectivity index (χ1v) is 7.41. The molecule has 0 aromatic heterocycles. The lowest BCUT2D eigenvalue weighted by molar-refractivity contribution is -0.139. The van der Waals surface area contributed by atoms with E-state index in [1.54, 1.807) is 6.07 Å². The van der Waals surface area contributed by atoms with Crippen molar-refractivity contribution < 1.29 is 32.2 Å². The van der Waals surface area contributed by atoms with E-state index in [4.69, 9.17) is 0 Å². The first-order chi connectivity index (χ1) is 12.7. The van der Waals surface area contributed by atoms with Crippen LogP contribution in [0.3, 0.4) is 0 Å². The minimum absolute atomic E-state index is 0.139. The average Bonchev–Trinajstić information content (AvgIpc) is 2.88. The van der Waals surface area contributed by atoms with E-state index in [2.05, 4.69) is 9.47 Å². The Balaban J connectivity index is 2.80. The number of anilines is 1. The van der Waals surface area contributed by atoms with Gasteiger partial charge in [-0.2, -0.15) is 18.4 Å². The molecular formula is C18H13F3N2O4. The van der Waals surface area contributed by atoms with Crippen molar-refractivity contribution in [1.29, 1.82) is 5.26 Å². The van der Waals surface area contributed by atoms with Gasteiger partial charge in [-0.25, -0.2) is 9.59 Å². The van der Waals surface area contributed by atoms with Gasteiger partial charge in [0.05, 0.1) is 36.6 Å². The van der Waals surface area contributed by atoms with Gasteiger partial charge in [-0.05, 0) is 30.4 Å². The minimum Gasteiger partial charge on any atom is -0.465 e. The van der Waals surface area contributed by atoms with E-state index in [0.717, 1.165) is 31.3 Å². The molecule has 0 fully saturated rings. The standard InChI is InChI=1S/C18H13F3N2O4/c1-26-16(24)13-5-3-4-8-23(15(13)17(25)27-2)14-9-12(18(19,20)21)7-6-11(14)10-22/h3-9H,1-2H3. The second-order valence-electron chi connectivity index (χ2n) is 5.16. The maximum Gasteiger partial charge on any atom is 0.416 e. The molecule has 0 aliphatic carbocycles. The third kappa shape index (κ3) is 4.00.